The Morgan fingerprint density at radius 2 is 1.83 bits per heavy atom. The van der Waals surface area contributed by atoms with E-state index in [0.717, 1.165) is 38.5 Å². The largest absolute Gasteiger partial charge is 0.490 e. The number of ether oxygens (including phenoxy) is 3. The smallest absolute Gasteiger partial charge is 0.312 e. The lowest BCUT2D eigenvalue weighted by Gasteiger charge is -2.58. The molecule has 0 aromatic heterocycles. The average molecular weight is 464 g/mol. The molecule has 1 aromatic carbocycles. The molecule has 4 saturated carbocycles. The van der Waals surface area contributed by atoms with Crippen molar-refractivity contribution in [1.29, 1.82) is 0 Å². The van der Waals surface area contributed by atoms with Crippen molar-refractivity contribution in [2.24, 2.45) is 17.3 Å². The molecule has 4 fully saturated rings. The zero-order valence-electron chi connectivity index (χ0n) is 16.4. The van der Waals surface area contributed by atoms with E-state index < -0.39 is 5.41 Å². The maximum absolute atomic E-state index is 13.0. The highest BCUT2D eigenvalue weighted by Gasteiger charge is 2.60. The third-order valence-corrected chi connectivity index (χ3v) is 7.72. The van der Waals surface area contributed by atoms with E-state index in [9.17, 15) is 9.59 Å². The Balaban J connectivity index is 1.19. The number of amides is 1. The minimum Gasteiger partial charge on any atom is -0.490 e. The molecule has 7 heteroatoms. The summed E-state index contributed by atoms with van der Waals surface area (Å²) in [5.74, 6) is 1.94. The van der Waals surface area contributed by atoms with Gasteiger partial charge in [-0.05, 0) is 62.5 Å². The summed E-state index contributed by atoms with van der Waals surface area (Å²) >= 11 is 3.91. The Kier molecular flexibility index (Phi) is 4.76. The van der Waals surface area contributed by atoms with Crippen molar-refractivity contribution in [3.63, 3.8) is 0 Å². The molecule has 4 aliphatic carbocycles. The Morgan fingerprint density at radius 1 is 1.10 bits per heavy atom. The molecule has 6 nitrogen and oxygen atoms in total. The van der Waals surface area contributed by atoms with Crippen LogP contribution in [0.5, 0.6) is 11.5 Å². The van der Waals surface area contributed by atoms with Crippen molar-refractivity contribution in [2.45, 2.75) is 49.3 Å². The quantitative estimate of drug-likeness (QED) is 0.538. The van der Waals surface area contributed by atoms with E-state index in [4.69, 9.17) is 14.2 Å². The molecule has 1 aromatic rings. The molecule has 2 atom stereocenters. The van der Waals surface area contributed by atoms with E-state index in [0.29, 0.717) is 42.2 Å². The topological polar surface area (TPSA) is 73.9 Å². The molecule has 1 aliphatic heterocycles. The number of fused-ring (bicyclic) bond motifs is 1. The van der Waals surface area contributed by atoms with E-state index in [-0.39, 0.29) is 22.8 Å². The van der Waals surface area contributed by atoms with E-state index >= 15 is 0 Å². The lowest BCUT2D eigenvalue weighted by molar-refractivity contribution is -0.170. The zero-order valence-corrected chi connectivity index (χ0v) is 18.0. The number of carbonyl (C=O) groups is 2. The van der Waals surface area contributed by atoms with Crippen molar-refractivity contribution in [3.8, 4) is 11.5 Å². The van der Waals surface area contributed by atoms with Crippen LogP contribution < -0.4 is 14.8 Å². The molecule has 0 radical (unpaired) electrons. The van der Waals surface area contributed by atoms with Crippen LogP contribution in [0, 0.1) is 17.3 Å². The molecule has 1 heterocycles. The molecule has 2 unspecified atom stereocenters. The second kappa shape index (κ2) is 7.18. The third kappa shape index (κ3) is 3.74. The fourth-order valence-corrected chi connectivity index (χ4v) is 7.56. The SMILES string of the molecule is O=C(COC(=O)C12CC3CC(CC(Br)(C3)C1)C2)Nc1ccc2c(c1)OCCCO2. The highest BCUT2D eigenvalue weighted by atomic mass is 79.9. The van der Waals surface area contributed by atoms with Gasteiger partial charge in [-0.3, -0.25) is 9.59 Å². The number of halogens is 1. The third-order valence-electron chi connectivity index (χ3n) is 6.79. The minimum atomic E-state index is -0.414. The lowest BCUT2D eigenvalue weighted by Crippen LogP contribution is -2.56. The summed E-state index contributed by atoms with van der Waals surface area (Å²) in [4.78, 5) is 25.3. The highest BCUT2D eigenvalue weighted by molar-refractivity contribution is 9.10. The van der Waals surface area contributed by atoms with Crippen LogP contribution in [0.15, 0.2) is 18.2 Å². The molecule has 6 rings (SSSR count). The Bertz CT molecular complexity index is 826. The number of nitrogens with one attached hydrogen (secondary N) is 1. The molecule has 0 saturated heterocycles. The fraction of sp³-hybridized carbons (Fsp3) is 0.636. The Labute approximate surface area is 178 Å². The predicted molar refractivity (Wildman–Crippen MR) is 110 cm³/mol. The standard InChI is InChI=1S/C22H26BrNO5/c23-22-10-14-6-15(11-22)9-21(8-14,13-22)20(26)29-12-19(25)24-16-2-3-17-18(7-16)28-5-1-4-27-17/h2-3,7,14-15H,1,4-6,8-13H2,(H,24,25). The number of carbonyl (C=O) groups excluding carboxylic acids is 2. The number of benzene rings is 1. The van der Waals surface area contributed by atoms with Crippen molar-refractivity contribution >= 4 is 33.5 Å². The first-order valence-corrected chi connectivity index (χ1v) is 11.3. The van der Waals surface area contributed by atoms with Gasteiger partial charge in [0.05, 0.1) is 18.6 Å². The normalized spacial score (nSPS) is 34.4. The summed E-state index contributed by atoms with van der Waals surface area (Å²) < 4.78 is 16.8. The molecule has 5 aliphatic rings. The molecule has 29 heavy (non-hydrogen) atoms. The van der Waals surface area contributed by atoms with E-state index in [1.54, 1.807) is 18.2 Å². The first-order valence-electron chi connectivity index (χ1n) is 10.5. The summed E-state index contributed by atoms with van der Waals surface area (Å²) in [6.07, 6.45) is 7.00. The molecule has 156 valence electrons. The highest BCUT2D eigenvalue weighted by Crippen LogP contribution is 2.64. The fourth-order valence-electron chi connectivity index (χ4n) is 6.11. The predicted octanol–water partition coefficient (Wildman–Crippen LogP) is 4.06. The van der Waals surface area contributed by atoms with E-state index in [1.165, 1.54) is 6.42 Å². The van der Waals surface area contributed by atoms with Crippen molar-refractivity contribution in [2.75, 3.05) is 25.1 Å². The van der Waals surface area contributed by atoms with Crippen LogP contribution in [0.25, 0.3) is 0 Å². The summed E-state index contributed by atoms with van der Waals surface area (Å²) in [7, 11) is 0. The zero-order chi connectivity index (χ0) is 20.1. The number of esters is 1. The van der Waals surface area contributed by atoms with Crippen molar-refractivity contribution in [1.82, 2.24) is 0 Å². The first kappa shape index (κ1) is 19.2. The van der Waals surface area contributed by atoms with Gasteiger partial charge in [-0.1, -0.05) is 15.9 Å². The van der Waals surface area contributed by atoms with Gasteiger partial charge in [0.1, 0.15) is 0 Å². The summed E-state index contributed by atoms with van der Waals surface area (Å²) in [6.45, 7) is 0.939. The van der Waals surface area contributed by atoms with Crippen molar-refractivity contribution in [3.05, 3.63) is 18.2 Å². The first-order chi connectivity index (χ1) is 13.9. The number of alkyl halides is 1. The molecule has 0 spiro atoms. The summed E-state index contributed by atoms with van der Waals surface area (Å²) in [5.41, 5.74) is 0.188. The molecule has 1 N–H and O–H groups in total. The molecular formula is C22H26BrNO5. The van der Waals surface area contributed by atoms with Crippen LogP contribution >= 0.6 is 15.9 Å². The van der Waals surface area contributed by atoms with Gasteiger partial charge in [-0.15, -0.1) is 0 Å². The second-order valence-corrected chi connectivity index (χ2v) is 10.9. The molecular weight excluding hydrogens is 438 g/mol. The second-order valence-electron chi connectivity index (χ2n) is 9.23. The lowest BCUT2D eigenvalue weighted by atomic mass is 9.49. The van der Waals surface area contributed by atoms with Gasteiger partial charge >= 0.3 is 5.97 Å². The Morgan fingerprint density at radius 3 is 2.55 bits per heavy atom. The van der Waals surface area contributed by atoms with Gasteiger partial charge in [-0.2, -0.15) is 0 Å². The van der Waals surface area contributed by atoms with Gasteiger partial charge in [0, 0.05) is 22.5 Å². The maximum Gasteiger partial charge on any atom is 0.312 e. The monoisotopic (exact) mass is 463 g/mol. The van der Waals surface area contributed by atoms with Crippen LogP contribution in [0.2, 0.25) is 0 Å². The van der Waals surface area contributed by atoms with Gasteiger partial charge in [0.25, 0.3) is 5.91 Å². The van der Waals surface area contributed by atoms with Crippen LogP contribution in [0.4, 0.5) is 5.69 Å². The average Bonchev–Trinajstić information content (AvgIpc) is 2.89. The van der Waals surface area contributed by atoms with Gasteiger partial charge in [-0.25, -0.2) is 0 Å². The van der Waals surface area contributed by atoms with Crippen LogP contribution in [-0.2, 0) is 14.3 Å². The van der Waals surface area contributed by atoms with Gasteiger partial charge < -0.3 is 19.5 Å². The molecule has 1 amide bonds. The Hall–Kier alpha value is -1.76. The number of anilines is 1. The summed E-state index contributed by atoms with van der Waals surface area (Å²) in [6, 6.07) is 5.29. The number of hydrogen-bond acceptors (Lipinski definition) is 5. The van der Waals surface area contributed by atoms with Crippen LogP contribution in [-0.4, -0.2) is 36.0 Å². The number of hydrogen-bond donors (Lipinski definition) is 1. The molecule has 4 bridgehead atoms. The van der Waals surface area contributed by atoms with Crippen LogP contribution in [0.3, 0.4) is 0 Å². The van der Waals surface area contributed by atoms with Gasteiger partial charge in [0.15, 0.2) is 18.1 Å². The number of rotatable bonds is 4. The maximum atomic E-state index is 13.0. The van der Waals surface area contributed by atoms with E-state index in [1.807, 2.05) is 0 Å². The van der Waals surface area contributed by atoms with Gasteiger partial charge in [0.2, 0.25) is 0 Å². The van der Waals surface area contributed by atoms with E-state index in [2.05, 4.69) is 21.2 Å². The minimum absolute atomic E-state index is 0.0856. The van der Waals surface area contributed by atoms with Crippen LogP contribution in [0.1, 0.15) is 44.9 Å². The summed E-state index contributed by atoms with van der Waals surface area (Å²) in [5, 5.41) is 2.79. The van der Waals surface area contributed by atoms with Crippen molar-refractivity contribution < 1.29 is 23.8 Å².